The minimum absolute atomic E-state index is 0.0248. The molecule has 6 heteroatoms. The molecule has 0 bridgehead atoms. The molecule has 1 aliphatic carbocycles. The van der Waals surface area contributed by atoms with Crippen molar-refractivity contribution in [2.45, 2.75) is 44.7 Å². The Kier molecular flexibility index (Phi) is 6.09. The van der Waals surface area contributed by atoms with Crippen LogP contribution in [0, 0.1) is 0 Å². The van der Waals surface area contributed by atoms with Crippen molar-refractivity contribution in [1.29, 1.82) is 0 Å². The molecule has 1 amide bonds. The van der Waals surface area contributed by atoms with E-state index in [2.05, 4.69) is 29.2 Å². The van der Waals surface area contributed by atoms with Gasteiger partial charge < -0.3 is 4.90 Å². The third-order valence-electron chi connectivity index (χ3n) is 6.69. The van der Waals surface area contributed by atoms with Crippen LogP contribution < -0.4 is 5.56 Å². The molecule has 5 nitrogen and oxygen atoms in total. The summed E-state index contributed by atoms with van der Waals surface area (Å²) in [6.45, 7) is 0.0248. The molecule has 33 heavy (non-hydrogen) atoms. The molecule has 168 valence electrons. The number of fused-ring (bicyclic) bond motifs is 1. The SMILES string of the molecule is CN(C(=O)Cn1cnc2scc(-c3ccc(-c4ccccc4)cc3)c2c1=O)C1CCCCC1. The van der Waals surface area contributed by atoms with E-state index in [0.29, 0.717) is 10.2 Å². The van der Waals surface area contributed by atoms with Gasteiger partial charge in [-0.1, -0.05) is 73.9 Å². The van der Waals surface area contributed by atoms with Crippen molar-refractivity contribution in [2.75, 3.05) is 7.05 Å². The normalized spacial score (nSPS) is 14.5. The molecule has 2 aromatic heterocycles. The van der Waals surface area contributed by atoms with Crippen LogP contribution in [0.4, 0.5) is 0 Å². The number of nitrogens with zero attached hydrogens (tertiary/aromatic N) is 3. The van der Waals surface area contributed by atoms with Crippen LogP contribution in [0.15, 0.2) is 71.1 Å². The van der Waals surface area contributed by atoms with Gasteiger partial charge in [0.2, 0.25) is 5.91 Å². The second-order valence-corrected chi connectivity index (χ2v) is 9.61. The number of rotatable bonds is 5. The molecule has 1 aliphatic rings. The molecule has 1 saturated carbocycles. The Balaban J connectivity index is 1.43. The fraction of sp³-hybridized carbons (Fsp3) is 0.296. The molecule has 0 unspecified atom stereocenters. The Bertz CT molecular complexity index is 1320. The Morgan fingerprint density at radius 2 is 1.67 bits per heavy atom. The van der Waals surface area contributed by atoms with Gasteiger partial charge in [-0.2, -0.15) is 0 Å². The Hall–Kier alpha value is -3.25. The predicted molar refractivity (Wildman–Crippen MR) is 134 cm³/mol. The zero-order valence-electron chi connectivity index (χ0n) is 18.7. The fourth-order valence-electron chi connectivity index (χ4n) is 4.69. The van der Waals surface area contributed by atoms with Gasteiger partial charge in [0.1, 0.15) is 11.4 Å². The molecule has 0 radical (unpaired) electrons. The molecule has 4 aromatic rings. The summed E-state index contributed by atoms with van der Waals surface area (Å²) in [6, 6.07) is 18.7. The lowest BCUT2D eigenvalue weighted by atomic mass is 9.94. The van der Waals surface area contributed by atoms with Crippen LogP contribution in [0.3, 0.4) is 0 Å². The van der Waals surface area contributed by atoms with Gasteiger partial charge in [-0.25, -0.2) is 4.98 Å². The van der Waals surface area contributed by atoms with Crippen LogP contribution in [0.25, 0.3) is 32.5 Å². The van der Waals surface area contributed by atoms with Crippen LogP contribution in [-0.2, 0) is 11.3 Å². The molecule has 0 saturated heterocycles. The van der Waals surface area contributed by atoms with Gasteiger partial charge in [-0.15, -0.1) is 11.3 Å². The summed E-state index contributed by atoms with van der Waals surface area (Å²) in [4.78, 5) is 33.3. The summed E-state index contributed by atoms with van der Waals surface area (Å²) in [5, 5.41) is 2.57. The molecule has 0 atom stereocenters. The maximum absolute atomic E-state index is 13.4. The number of likely N-dealkylation sites (N-methyl/N-ethyl adjacent to an activating group) is 1. The number of thiophene rings is 1. The lowest BCUT2D eigenvalue weighted by molar-refractivity contribution is -0.133. The second kappa shape index (κ2) is 9.32. The first-order chi connectivity index (χ1) is 16.1. The van der Waals surface area contributed by atoms with E-state index in [1.165, 1.54) is 28.7 Å². The van der Waals surface area contributed by atoms with Gasteiger partial charge in [-0.3, -0.25) is 14.2 Å². The summed E-state index contributed by atoms with van der Waals surface area (Å²) in [5.41, 5.74) is 3.97. The fourth-order valence-corrected chi connectivity index (χ4v) is 5.60. The van der Waals surface area contributed by atoms with E-state index in [1.54, 1.807) is 0 Å². The molecule has 0 spiro atoms. The summed E-state index contributed by atoms with van der Waals surface area (Å²) >= 11 is 1.46. The van der Waals surface area contributed by atoms with Crippen LogP contribution in [0.5, 0.6) is 0 Å². The highest BCUT2D eigenvalue weighted by Gasteiger charge is 2.23. The van der Waals surface area contributed by atoms with E-state index in [4.69, 9.17) is 0 Å². The van der Waals surface area contributed by atoms with E-state index in [-0.39, 0.29) is 24.1 Å². The Morgan fingerprint density at radius 3 is 2.39 bits per heavy atom. The minimum Gasteiger partial charge on any atom is -0.341 e. The molecule has 2 aromatic carbocycles. The highest BCUT2D eigenvalue weighted by atomic mass is 32.1. The van der Waals surface area contributed by atoms with Crippen molar-refractivity contribution < 1.29 is 4.79 Å². The second-order valence-electron chi connectivity index (χ2n) is 8.75. The Morgan fingerprint density at radius 1 is 1.00 bits per heavy atom. The van der Waals surface area contributed by atoms with Crippen molar-refractivity contribution in [3.8, 4) is 22.3 Å². The highest BCUT2D eigenvalue weighted by Crippen LogP contribution is 2.32. The standard InChI is InChI=1S/C27H27N3O2S/c1-29(22-10-6-3-7-11-22)24(31)16-30-18-28-26-25(27(30)32)23(17-33-26)21-14-12-20(13-15-21)19-8-4-2-5-9-19/h2,4-5,8-9,12-15,17-18,22H,3,6-7,10-11,16H2,1H3. The van der Waals surface area contributed by atoms with Gasteiger partial charge in [0.15, 0.2) is 0 Å². The number of benzene rings is 2. The third kappa shape index (κ3) is 4.35. The van der Waals surface area contributed by atoms with Crippen LogP contribution in [0.2, 0.25) is 0 Å². The van der Waals surface area contributed by atoms with Crippen molar-refractivity contribution in [2.24, 2.45) is 0 Å². The summed E-state index contributed by atoms with van der Waals surface area (Å²) in [6.07, 6.45) is 7.17. The van der Waals surface area contributed by atoms with E-state index >= 15 is 0 Å². The minimum atomic E-state index is -0.159. The van der Waals surface area contributed by atoms with Crippen LogP contribution >= 0.6 is 11.3 Å². The van der Waals surface area contributed by atoms with Crippen LogP contribution in [-0.4, -0.2) is 33.4 Å². The number of carbonyl (C=O) groups excluding carboxylic acids is 1. The quantitative estimate of drug-likeness (QED) is 0.393. The van der Waals surface area contributed by atoms with Crippen molar-refractivity contribution in [1.82, 2.24) is 14.5 Å². The highest BCUT2D eigenvalue weighted by molar-refractivity contribution is 7.17. The Labute approximate surface area is 197 Å². The maximum atomic E-state index is 13.4. The topological polar surface area (TPSA) is 55.2 Å². The van der Waals surface area contributed by atoms with Gasteiger partial charge in [0, 0.05) is 24.0 Å². The number of hydrogen-bond acceptors (Lipinski definition) is 4. The largest absolute Gasteiger partial charge is 0.341 e. The van der Waals surface area contributed by atoms with Crippen molar-refractivity contribution in [3.05, 3.63) is 76.7 Å². The van der Waals surface area contributed by atoms with E-state index < -0.39 is 0 Å². The predicted octanol–water partition coefficient (Wildman–Crippen LogP) is 5.58. The van der Waals surface area contributed by atoms with Gasteiger partial charge in [-0.05, 0) is 29.5 Å². The molecule has 0 aliphatic heterocycles. The number of hydrogen-bond donors (Lipinski definition) is 0. The number of carbonyl (C=O) groups is 1. The lowest BCUT2D eigenvalue weighted by Crippen LogP contribution is -2.41. The average molecular weight is 458 g/mol. The summed E-state index contributed by atoms with van der Waals surface area (Å²) in [7, 11) is 1.86. The molecule has 5 rings (SSSR count). The summed E-state index contributed by atoms with van der Waals surface area (Å²) < 4.78 is 1.46. The van der Waals surface area contributed by atoms with Gasteiger partial charge in [0.25, 0.3) is 5.56 Å². The molecule has 0 N–H and O–H groups in total. The molecule has 1 fully saturated rings. The van der Waals surface area contributed by atoms with E-state index in [0.717, 1.165) is 47.9 Å². The number of amides is 1. The maximum Gasteiger partial charge on any atom is 0.263 e. The van der Waals surface area contributed by atoms with Gasteiger partial charge in [0.05, 0.1) is 11.7 Å². The lowest BCUT2D eigenvalue weighted by Gasteiger charge is -2.31. The van der Waals surface area contributed by atoms with E-state index in [1.807, 2.05) is 47.7 Å². The summed E-state index contributed by atoms with van der Waals surface area (Å²) in [5.74, 6) is -0.0332. The zero-order chi connectivity index (χ0) is 22.8. The number of aromatic nitrogens is 2. The molecular formula is C27H27N3O2S. The van der Waals surface area contributed by atoms with Crippen molar-refractivity contribution in [3.63, 3.8) is 0 Å². The first kappa shape index (κ1) is 21.6. The van der Waals surface area contributed by atoms with Crippen LogP contribution in [0.1, 0.15) is 32.1 Å². The first-order valence-corrected chi connectivity index (χ1v) is 12.4. The smallest absolute Gasteiger partial charge is 0.263 e. The average Bonchev–Trinajstić information content (AvgIpc) is 3.31. The van der Waals surface area contributed by atoms with E-state index in [9.17, 15) is 9.59 Å². The monoisotopic (exact) mass is 457 g/mol. The zero-order valence-corrected chi connectivity index (χ0v) is 19.6. The van der Waals surface area contributed by atoms with Gasteiger partial charge >= 0.3 is 0 Å². The first-order valence-electron chi connectivity index (χ1n) is 11.5. The van der Waals surface area contributed by atoms with Crippen molar-refractivity contribution >= 4 is 27.5 Å². The molecular weight excluding hydrogens is 430 g/mol. The third-order valence-corrected chi connectivity index (χ3v) is 7.57. The molecule has 2 heterocycles.